The summed E-state index contributed by atoms with van der Waals surface area (Å²) in [4.78, 5) is 11.5. The molecule has 1 N–H and O–H groups in total. The lowest BCUT2D eigenvalue weighted by molar-refractivity contribution is -0.158. The SMILES string of the molecule is CCCCCc1cc(O)c(C2C=C(C)CCC2)c(OP(=O)(OC(C)OC(C)=O)c2ccccc2)c1. The van der Waals surface area contributed by atoms with Gasteiger partial charge in [0.1, 0.15) is 11.5 Å². The predicted molar refractivity (Wildman–Crippen MR) is 138 cm³/mol. The molecule has 2 aromatic carbocycles. The number of unbranched alkanes of at least 4 members (excludes halogenated alkanes) is 2. The van der Waals surface area contributed by atoms with Crippen LogP contribution in [-0.2, 0) is 25.0 Å². The van der Waals surface area contributed by atoms with Gasteiger partial charge in [0.05, 0.1) is 5.30 Å². The Hall–Kier alpha value is -2.56. The van der Waals surface area contributed by atoms with E-state index in [4.69, 9.17) is 13.8 Å². The van der Waals surface area contributed by atoms with Crippen molar-refractivity contribution in [3.05, 3.63) is 65.2 Å². The summed E-state index contributed by atoms with van der Waals surface area (Å²) in [5.74, 6) is -0.123. The number of ether oxygens (including phenoxy) is 1. The van der Waals surface area contributed by atoms with Crippen LogP contribution < -0.4 is 9.83 Å². The summed E-state index contributed by atoms with van der Waals surface area (Å²) < 4.78 is 31.3. The zero-order valence-corrected chi connectivity index (χ0v) is 22.1. The van der Waals surface area contributed by atoms with Crippen LogP contribution in [0.5, 0.6) is 11.5 Å². The number of hydrogen-bond donors (Lipinski definition) is 1. The van der Waals surface area contributed by atoms with Gasteiger partial charge in [0.15, 0.2) is 0 Å². The second kappa shape index (κ2) is 12.4. The first kappa shape index (κ1) is 27.0. The number of esters is 1. The minimum atomic E-state index is -3.98. The van der Waals surface area contributed by atoms with E-state index >= 15 is 0 Å². The van der Waals surface area contributed by atoms with E-state index in [-0.39, 0.29) is 11.7 Å². The normalized spacial score (nSPS) is 18.3. The lowest BCUT2D eigenvalue weighted by atomic mass is 9.84. The Morgan fingerprint density at radius 1 is 1.20 bits per heavy atom. The summed E-state index contributed by atoms with van der Waals surface area (Å²) in [6, 6.07) is 12.3. The molecule has 0 saturated carbocycles. The number of carbonyl (C=O) groups excluding carboxylic acids is 1. The highest BCUT2D eigenvalue weighted by atomic mass is 31.2. The Labute approximate surface area is 208 Å². The first-order valence-corrected chi connectivity index (χ1v) is 14.0. The second-order valence-corrected chi connectivity index (χ2v) is 11.1. The Morgan fingerprint density at radius 3 is 2.60 bits per heavy atom. The van der Waals surface area contributed by atoms with Crippen molar-refractivity contribution in [2.24, 2.45) is 0 Å². The Kier molecular flexibility index (Phi) is 9.59. The molecule has 0 radical (unpaired) electrons. The minimum Gasteiger partial charge on any atom is -0.507 e. The fraction of sp³-hybridized carbons (Fsp3) is 0.464. The van der Waals surface area contributed by atoms with Crippen LogP contribution in [-0.4, -0.2) is 17.4 Å². The number of aryl methyl sites for hydroxylation is 1. The molecule has 0 spiro atoms. The van der Waals surface area contributed by atoms with E-state index in [1.807, 2.05) is 12.1 Å². The second-order valence-electron chi connectivity index (χ2n) is 9.20. The molecule has 0 aromatic heterocycles. The Bertz CT molecular complexity index is 1080. The number of aromatic hydroxyl groups is 1. The molecule has 0 bridgehead atoms. The predicted octanol–water partition coefficient (Wildman–Crippen LogP) is 7.16. The van der Waals surface area contributed by atoms with Gasteiger partial charge in [0, 0.05) is 18.4 Å². The summed E-state index contributed by atoms with van der Waals surface area (Å²) in [5.41, 5.74) is 2.78. The third kappa shape index (κ3) is 7.46. The van der Waals surface area contributed by atoms with Crippen LogP contribution in [0, 0.1) is 0 Å². The highest BCUT2D eigenvalue weighted by Gasteiger charge is 2.35. The lowest BCUT2D eigenvalue weighted by Crippen LogP contribution is -2.21. The molecule has 3 unspecified atom stereocenters. The van der Waals surface area contributed by atoms with Gasteiger partial charge in [-0.15, -0.1) is 0 Å². The smallest absolute Gasteiger partial charge is 0.413 e. The fourth-order valence-electron chi connectivity index (χ4n) is 4.50. The Morgan fingerprint density at radius 2 is 1.94 bits per heavy atom. The van der Waals surface area contributed by atoms with Crippen molar-refractivity contribution >= 4 is 18.9 Å². The fourth-order valence-corrected chi connectivity index (χ4v) is 6.15. The van der Waals surface area contributed by atoms with E-state index in [2.05, 4.69) is 19.9 Å². The largest absolute Gasteiger partial charge is 0.507 e. The van der Waals surface area contributed by atoms with E-state index < -0.39 is 19.9 Å². The zero-order valence-electron chi connectivity index (χ0n) is 21.2. The van der Waals surface area contributed by atoms with Gasteiger partial charge in [-0.2, -0.15) is 0 Å². The van der Waals surface area contributed by atoms with Crippen LogP contribution in [0.1, 0.15) is 83.3 Å². The van der Waals surface area contributed by atoms with E-state index in [0.29, 0.717) is 16.6 Å². The van der Waals surface area contributed by atoms with Crippen LogP contribution in [0.2, 0.25) is 0 Å². The number of benzene rings is 2. The van der Waals surface area contributed by atoms with Gasteiger partial charge in [0.25, 0.3) is 0 Å². The van der Waals surface area contributed by atoms with E-state index in [0.717, 1.165) is 50.5 Å². The van der Waals surface area contributed by atoms with Gasteiger partial charge in [-0.3, -0.25) is 9.32 Å². The molecule has 35 heavy (non-hydrogen) atoms. The number of rotatable bonds is 11. The zero-order chi connectivity index (χ0) is 25.4. The molecule has 190 valence electrons. The lowest BCUT2D eigenvalue weighted by Gasteiger charge is -2.27. The molecule has 7 heteroatoms. The highest BCUT2D eigenvalue weighted by Crippen LogP contribution is 2.52. The molecular formula is C28H37O6P. The maximum absolute atomic E-state index is 14.2. The molecule has 6 nitrogen and oxygen atoms in total. The molecule has 0 heterocycles. The number of carbonyl (C=O) groups is 1. The van der Waals surface area contributed by atoms with Crippen LogP contribution in [0.4, 0.5) is 0 Å². The topological polar surface area (TPSA) is 82.1 Å². The molecule has 2 aromatic rings. The first-order chi connectivity index (χ1) is 16.7. The average Bonchev–Trinajstić information content (AvgIpc) is 2.79. The van der Waals surface area contributed by atoms with Crippen molar-refractivity contribution < 1.29 is 28.3 Å². The summed E-state index contributed by atoms with van der Waals surface area (Å²) in [6.07, 6.45) is 7.87. The van der Waals surface area contributed by atoms with Crippen molar-refractivity contribution in [1.82, 2.24) is 0 Å². The monoisotopic (exact) mass is 500 g/mol. The first-order valence-electron chi connectivity index (χ1n) is 12.5. The molecule has 0 aliphatic heterocycles. The number of allylic oxidation sites excluding steroid dienone is 2. The van der Waals surface area contributed by atoms with Crippen molar-refractivity contribution in [3.63, 3.8) is 0 Å². The minimum absolute atomic E-state index is 0.0569. The van der Waals surface area contributed by atoms with E-state index in [1.165, 1.54) is 19.4 Å². The van der Waals surface area contributed by atoms with Crippen LogP contribution >= 0.6 is 7.60 Å². The Balaban J connectivity index is 2.07. The van der Waals surface area contributed by atoms with Crippen LogP contribution in [0.15, 0.2) is 54.1 Å². The maximum Gasteiger partial charge on any atom is 0.413 e. The van der Waals surface area contributed by atoms with Gasteiger partial charge < -0.3 is 14.4 Å². The number of phenolic OH excluding ortho intramolecular Hbond substituents is 1. The third-order valence-corrected chi connectivity index (χ3v) is 8.04. The van der Waals surface area contributed by atoms with Gasteiger partial charge in [-0.25, -0.2) is 4.57 Å². The van der Waals surface area contributed by atoms with Gasteiger partial charge >= 0.3 is 13.6 Å². The van der Waals surface area contributed by atoms with Crippen molar-refractivity contribution in [2.75, 3.05) is 0 Å². The molecule has 1 aliphatic carbocycles. The number of phenols is 1. The molecule has 1 aliphatic rings. The summed E-state index contributed by atoms with van der Waals surface area (Å²) in [5, 5.41) is 11.5. The van der Waals surface area contributed by atoms with Gasteiger partial charge in [0.2, 0.25) is 6.29 Å². The quantitative estimate of drug-likeness (QED) is 0.116. The summed E-state index contributed by atoms with van der Waals surface area (Å²) >= 11 is 0. The number of hydrogen-bond acceptors (Lipinski definition) is 6. The van der Waals surface area contributed by atoms with E-state index in [1.54, 1.807) is 30.3 Å². The maximum atomic E-state index is 14.2. The molecule has 0 saturated heterocycles. The van der Waals surface area contributed by atoms with Crippen molar-refractivity contribution in [2.45, 2.75) is 84.8 Å². The molecule has 3 atom stereocenters. The summed E-state index contributed by atoms with van der Waals surface area (Å²) in [7, 11) is -3.98. The van der Waals surface area contributed by atoms with Crippen LogP contribution in [0.3, 0.4) is 0 Å². The molecule has 0 fully saturated rings. The average molecular weight is 501 g/mol. The molecule has 0 amide bonds. The highest BCUT2D eigenvalue weighted by molar-refractivity contribution is 7.62. The van der Waals surface area contributed by atoms with Crippen molar-refractivity contribution in [1.29, 1.82) is 0 Å². The van der Waals surface area contributed by atoms with Gasteiger partial charge in [-0.1, -0.05) is 49.6 Å². The molecular weight excluding hydrogens is 463 g/mol. The standard InChI is InChI=1S/C28H37O6P/c1-5-6-8-13-23-18-26(30)28(24-14-11-12-20(2)17-24)27(19-23)34-35(31,25-15-9-7-10-16-25)33-22(4)32-21(3)29/h7,9-10,15-19,22,24,30H,5-6,8,11-14H2,1-4H3. The van der Waals surface area contributed by atoms with E-state index in [9.17, 15) is 14.5 Å². The third-order valence-electron chi connectivity index (χ3n) is 6.10. The molecule has 3 rings (SSSR count). The van der Waals surface area contributed by atoms with Crippen molar-refractivity contribution in [3.8, 4) is 11.5 Å². The van der Waals surface area contributed by atoms with Gasteiger partial charge in [-0.05, 0) is 75.8 Å². The van der Waals surface area contributed by atoms with Crippen LogP contribution in [0.25, 0.3) is 0 Å². The summed E-state index contributed by atoms with van der Waals surface area (Å²) in [6.45, 7) is 7.00.